The fourth-order valence-electron chi connectivity index (χ4n) is 2.14. The summed E-state index contributed by atoms with van der Waals surface area (Å²) in [5, 5.41) is 0.770. The number of hydrogen-bond donors (Lipinski definition) is 0. The van der Waals surface area contributed by atoms with Crippen molar-refractivity contribution in [1.82, 2.24) is 9.55 Å². The largest absolute Gasteiger partial charge is 0.292 e. The van der Waals surface area contributed by atoms with Crippen molar-refractivity contribution in [3.05, 3.63) is 56.5 Å². The van der Waals surface area contributed by atoms with Gasteiger partial charge in [-0.2, -0.15) is 0 Å². The average Bonchev–Trinajstić information content (AvgIpc) is 2.79. The van der Waals surface area contributed by atoms with E-state index in [2.05, 4.69) is 20.9 Å². The number of rotatable bonds is 2. The highest BCUT2D eigenvalue weighted by molar-refractivity contribution is 9.10. The van der Waals surface area contributed by atoms with Crippen molar-refractivity contribution in [1.29, 1.82) is 0 Å². The maximum absolute atomic E-state index is 14.2. The first-order valence-corrected chi connectivity index (χ1v) is 7.97. The third kappa shape index (κ3) is 2.66. The topological polar surface area (TPSA) is 17.8 Å². The molecule has 2 nitrogen and oxygen atoms in total. The van der Waals surface area contributed by atoms with Crippen molar-refractivity contribution < 1.29 is 4.39 Å². The van der Waals surface area contributed by atoms with Crippen LogP contribution in [0, 0.1) is 5.82 Å². The minimum absolute atomic E-state index is 0.135. The van der Waals surface area contributed by atoms with E-state index in [4.69, 9.17) is 34.8 Å². The van der Waals surface area contributed by atoms with E-state index < -0.39 is 0 Å². The molecule has 3 rings (SSSR count). The van der Waals surface area contributed by atoms with Crippen LogP contribution in [0.25, 0.3) is 16.7 Å². The van der Waals surface area contributed by atoms with Crippen molar-refractivity contribution in [3.63, 3.8) is 0 Å². The van der Waals surface area contributed by atoms with Gasteiger partial charge in [0.1, 0.15) is 11.6 Å². The molecule has 0 saturated carbocycles. The van der Waals surface area contributed by atoms with Gasteiger partial charge < -0.3 is 0 Å². The Hall–Kier alpha value is -0.810. The summed E-state index contributed by atoms with van der Waals surface area (Å²) < 4.78 is 16.6. The molecule has 7 heteroatoms. The van der Waals surface area contributed by atoms with Gasteiger partial charge in [-0.3, -0.25) is 4.57 Å². The monoisotopic (exact) mass is 406 g/mol. The quantitative estimate of drug-likeness (QED) is 0.478. The Morgan fingerprint density at radius 3 is 2.57 bits per heavy atom. The van der Waals surface area contributed by atoms with Gasteiger partial charge in [-0.25, -0.2) is 9.37 Å². The Labute approximate surface area is 143 Å². The van der Waals surface area contributed by atoms with E-state index in [0.29, 0.717) is 32.6 Å². The van der Waals surface area contributed by atoms with Gasteiger partial charge in [0.05, 0.1) is 32.6 Å². The highest BCUT2D eigenvalue weighted by atomic mass is 79.9. The summed E-state index contributed by atoms with van der Waals surface area (Å²) in [5.41, 5.74) is 1.61. The number of benzene rings is 2. The molecule has 0 unspecified atom stereocenters. The molecule has 0 amide bonds. The van der Waals surface area contributed by atoms with Gasteiger partial charge in [-0.05, 0) is 30.3 Å². The molecular formula is C14H7BrCl3FN2. The zero-order valence-corrected chi connectivity index (χ0v) is 14.2. The first-order chi connectivity index (χ1) is 10.0. The SMILES string of the molecule is Fc1ccc(Br)cc1-n1c(CCl)nc2cc(Cl)c(Cl)cc21. The van der Waals surface area contributed by atoms with Crippen LogP contribution in [-0.4, -0.2) is 9.55 Å². The fraction of sp³-hybridized carbons (Fsp3) is 0.0714. The van der Waals surface area contributed by atoms with Crippen LogP contribution in [0.15, 0.2) is 34.8 Å². The smallest absolute Gasteiger partial charge is 0.147 e. The molecule has 3 aromatic rings. The van der Waals surface area contributed by atoms with Crippen molar-refractivity contribution in [3.8, 4) is 5.69 Å². The van der Waals surface area contributed by atoms with E-state index >= 15 is 0 Å². The average molecular weight is 408 g/mol. The summed E-state index contributed by atoms with van der Waals surface area (Å²) in [6, 6.07) is 7.96. The van der Waals surface area contributed by atoms with Crippen molar-refractivity contribution in [2.24, 2.45) is 0 Å². The normalized spacial score (nSPS) is 11.3. The number of aromatic nitrogens is 2. The van der Waals surface area contributed by atoms with Crippen LogP contribution >= 0.6 is 50.7 Å². The predicted octanol–water partition coefficient (Wildman–Crippen LogP) is 5.97. The molecule has 0 aliphatic carbocycles. The van der Waals surface area contributed by atoms with Gasteiger partial charge in [-0.15, -0.1) is 11.6 Å². The molecule has 1 heterocycles. The molecule has 1 aromatic heterocycles. The summed E-state index contributed by atoms with van der Waals surface area (Å²) in [5.74, 6) is 0.271. The molecule has 0 radical (unpaired) electrons. The summed E-state index contributed by atoms with van der Waals surface area (Å²) in [4.78, 5) is 4.39. The van der Waals surface area contributed by atoms with Crippen molar-refractivity contribution >= 4 is 61.8 Å². The lowest BCUT2D eigenvalue weighted by Gasteiger charge is -2.10. The molecule has 0 aliphatic heterocycles. The first kappa shape index (κ1) is 15.1. The third-order valence-corrected chi connectivity index (χ3v) is 4.49. The van der Waals surface area contributed by atoms with E-state index in [9.17, 15) is 4.39 Å². The second-order valence-electron chi connectivity index (χ2n) is 4.35. The Balaban J connectivity index is 2.40. The van der Waals surface area contributed by atoms with Crippen LogP contribution in [0.1, 0.15) is 5.82 Å². The molecule has 0 spiro atoms. The summed E-state index contributed by atoms with van der Waals surface area (Å²) in [6.45, 7) is 0. The molecule has 108 valence electrons. The number of halogens is 5. The molecular weight excluding hydrogens is 401 g/mol. The van der Waals surface area contributed by atoms with E-state index in [1.54, 1.807) is 28.8 Å². The Bertz CT molecular complexity index is 848. The molecule has 2 aromatic carbocycles. The number of alkyl halides is 1. The van der Waals surface area contributed by atoms with Crippen LogP contribution in [0.2, 0.25) is 10.0 Å². The van der Waals surface area contributed by atoms with Crippen LogP contribution in [0.4, 0.5) is 4.39 Å². The lowest BCUT2D eigenvalue weighted by atomic mass is 10.2. The van der Waals surface area contributed by atoms with Crippen LogP contribution in [-0.2, 0) is 5.88 Å². The van der Waals surface area contributed by atoms with E-state index in [0.717, 1.165) is 4.47 Å². The predicted molar refractivity (Wildman–Crippen MR) is 88.3 cm³/mol. The number of nitrogens with zero attached hydrogens (tertiary/aromatic N) is 2. The minimum Gasteiger partial charge on any atom is -0.292 e. The molecule has 0 N–H and O–H groups in total. The van der Waals surface area contributed by atoms with Crippen molar-refractivity contribution in [2.75, 3.05) is 0 Å². The summed E-state index contributed by atoms with van der Waals surface area (Å²) in [6.07, 6.45) is 0. The Morgan fingerprint density at radius 2 is 1.86 bits per heavy atom. The van der Waals surface area contributed by atoms with Crippen LogP contribution in [0.5, 0.6) is 0 Å². The molecule has 21 heavy (non-hydrogen) atoms. The molecule has 0 fully saturated rings. The molecule has 0 atom stereocenters. The van der Waals surface area contributed by atoms with Gasteiger partial charge in [0.15, 0.2) is 0 Å². The second kappa shape index (κ2) is 5.76. The van der Waals surface area contributed by atoms with Gasteiger partial charge in [0.2, 0.25) is 0 Å². The Morgan fingerprint density at radius 1 is 1.14 bits per heavy atom. The second-order valence-corrected chi connectivity index (χ2v) is 6.35. The van der Waals surface area contributed by atoms with E-state index in [1.165, 1.54) is 6.07 Å². The highest BCUT2D eigenvalue weighted by Gasteiger charge is 2.16. The zero-order chi connectivity index (χ0) is 15.1. The number of fused-ring (bicyclic) bond motifs is 1. The van der Waals surface area contributed by atoms with Gasteiger partial charge in [-0.1, -0.05) is 39.1 Å². The number of imidazole rings is 1. The van der Waals surface area contributed by atoms with Gasteiger partial charge in [0.25, 0.3) is 0 Å². The maximum Gasteiger partial charge on any atom is 0.147 e. The lowest BCUT2D eigenvalue weighted by molar-refractivity contribution is 0.617. The lowest BCUT2D eigenvalue weighted by Crippen LogP contribution is -2.02. The van der Waals surface area contributed by atoms with Crippen LogP contribution < -0.4 is 0 Å². The van der Waals surface area contributed by atoms with E-state index in [-0.39, 0.29) is 11.7 Å². The highest BCUT2D eigenvalue weighted by Crippen LogP contribution is 2.32. The summed E-state index contributed by atoms with van der Waals surface area (Å²) >= 11 is 21.3. The molecule has 0 saturated heterocycles. The van der Waals surface area contributed by atoms with Crippen molar-refractivity contribution in [2.45, 2.75) is 5.88 Å². The number of hydrogen-bond acceptors (Lipinski definition) is 1. The van der Waals surface area contributed by atoms with E-state index in [1.807, 2.05) is 0 Å². The minimum atomic E-state index is -0.380. The van der Waals surface area contributed by atoms with Gasteiger partial charge in [0, 0.05) is 4.47 Å². The first-order valence-electron chi connectivity index (χ1n) is 5.89. The fourth-order valence-corrected chi connectivity index (χ4v) is 2.98. The van der Waals surface area contributed by atoms with Gasteiger partial charge >= 0.3 is 0 Å². The third-order valence-electron chi connectivity index (χ3n) is 3.03. The zero-order valence-electron chi connectivity index (χ0n) is 10.4. The molecule has 0 bridgehead atoms. The summed E-state index contributed by atoms with van der Waals surface area (Å²) in [7, 11) is 0. The molecule has 0 aliphatic rings. The Kier molecular flexibility index (Phi) is 4.14. The maximum atomic E-state index is 14.2. The standard InChI is InChI=1S/C14H7BrCl3FN2/c15-7-1-2-10(19)12(3-7)21-13-5-9(18)8(17)4-11(13)20-14(21)6-16/h1-5H,6H2. The van der Waals surface area contributed by atoms with Crippen LogP contribution in [0.3, 0.4) is 0 Å².